The smallest absolute Gasteiger partial charge is 0.407 e. The Bertz CT molecular complexity index is 293. The maximum Gasteiger partial charge on any atom is 0.407 e. The van der Waals surface area contributed by atoms with E-state index in [0.29, 0.717) is 13.1 Å². The minimum Gasteiger partial charge on any atom is -0.444 e. The molecule has 18 heavy (non-hydrogen) atoms. The van der Waals surface area contributed by atoms with Crippen LogP contribution in [-0.4, -0.2) is 43.3 Å². The van der Waals surface area contributed by atoms with Gasteiger partial charge in [-0.15, -0.1) is 0 Å². The number of alkyl carbamates (subject to hydrolysis) is 1. The van der Waals surface area contributed by atoms with Crippen LogP contribution in [0.5, 0.6) is 0 Å². The quantitative estimate of drug-likeness (QED) is 0.636. The number of rotatable bonds is 4. The number of hydrogen-bond acceptors (Lipinski definition) is 4. The van der Waals surface area contributed by atoms with Gasteiger partial charge in [-0.05, 0) is 40.2 Å². The number of carbonyl (C=O) groups excluding carboxylic acids is 2. The Kier molecular flexibility index (Phi) is 5.40. The summed E-state index contributed by atoms with van der Waals surface area (Å²) in [5.41, 5.74) is -0.499. The monoisotopic (exact) mass is 257 g/mol. The van der Waals surface area contributed by atoms with Crippen molar-refractivity contribution in [3.05, 3.63) is 0 Å². The first kappa shape index (κ1) is 14.8. The highest BCUT2D eigenvalue weighted by atomic mass is 16.6. The van der Waals surface area contributed by atoms with Gasteiger partial charge < -0.3 is 20.7 Å². The molecule has 2 amide bonds. The summed E-state index contributed by atoms with van der Waals surface area (Å²) in [4.78, 5) is 22.9. The molecule has 6 nitrogen and oxygen atoms in total. The summed E-state index contributed by atoms with van der Waals surface area (Å²) in [6, 6.07) is -0.0773. The molecule has 1 fully saturated rings. The van der Waals surface area contributed by atoms with Crippen LogP contribution < -0.4 is 16.0 Å². The molecule has 0 spiro atoms. The predicted octanol–water partition coefficient (Wildman–Crippen LogP) is 0.379. The van der Waals surface area contributed by atoms with Crippen LogP contribution in [0.2, 0.25) is 0 Å². The molecular weight excluding hydrogens is 234 g/mol. The van der Waals surface area contributed by atoms with E-state index in [0.717, 1.165) is 19.4 Å². The fourth-order valence-corrected chi connectivity index (χ4v) is 1.70. The van der Waals surface area contributed by atoms with Gasteiger partial charge in [-0.2, -0.15) is 0 Å². The molecular formula is C12H23N3O3. The van der Waals surface area contributed by atoms with Crippen molar-refractivity contribution in [1.82, 2.24) is 16.0 Å². The van der Waals surface area contributed by atoms with Crippen molar-refractivity contribution in [3.63, 3.8) is 0 Å². The van der Waals surface area contributed by atoms with Gasteiger partial charge in [-0.25, -0.2) is 4.79 Å². The fourth-order valence-electron chi connectivity index (χ4n) is 1.70. The fraction of sp³-hybridized carbons (Fsp3) is 0.833. The molecule has 0 aromatic heterocycles. The molecule has 0 aromatic carbocycles. The first-order chi connectivity index (χ1) is 8.38. The molecule has 3 N–H and O–H groups in total. The Balaban J connectivity index is 2.07. The highest BCUT2D eigenvalue weighted by Gasteiger charge is 2.21. The summed E-state index contributed by atoms with van der Waals surface area (Å²) >= 11 is 0. The Labute approximate surface area is 108 Å². The second kappa shape index (κ2) is 6.58. The first-order valence-corrected chi connectivity index (χ1v) is 6.36. The van der Waals surface area contributed by atoms with Gasteiger partial charge in [0, 0.05) is 13.1 Å². The normalized spacial score (nSPS) is 19.4. The predicted molar refractivity (Wildman–Crippen MR) is 68.3 cm³/mol. The average Bonchev–Trinajstić information content (AvgIpc) is 2.74. The van der Waals surface area contributed by atoms with Gasteiger partial charge in [0.1, 0.15) is 5.60 Å². The molecule has 0 aromatic rings. The lowest BCUT2D eigenvalue weighted by atomic mass is 10.2. The van der Waals surface area contributed by atoms with Gasteiger partial charge in [-0.1, -0.05) is 0 Å². The van der Waals surface area contributed by atoms with Crippen molar-refractivity contribution in [2.45, 2.75) is 45.3 Å². The SMILES string of the molecule is CC(C)(C)OC(=O)NCCNC(=O)[C@@H]1CCCN1. The summed E-state index contributed by atoms with van der Waals surface area (Å²) in [5.74, 6) is -0.00140. The van der Waals surface area contributed by atoms with Crippen LogP contribution in [0.15, 0.2) is 0 Å². The van der Waals surface area contributed by atoms with Crippen LogP contribution in [0.25, 0.3) is 0 Å². The average molecular weight is 257 g/mol. The van der Waals surface area contributed by atoms with Crippen LogP contribution >= 0.6 is 0 Å². The molecule has 0 saturated carbocycles. The molecule has 0 unspecified atom stereocenters. The molecule has 6 heteroatoms. The van der Waals surface area contributed by atoms with E-state index in [1.165, 1.54) is 0 Å². The zero-order valence-electron chi connectivity index (χ0n) is 11.3. The van der Waals surface area contributed by atoms with E-state index < -0.39 is 11.7 Å². The van der Waals surface area contributed by atoms with Gasteiger partial charge in [0.2, 0.25) is 5.91 Å². The molecule has 1 aliphatic heterocycles. The van der Waals surface area contributed by atoms with Gasteiger partial charge in [0.05, 0.1) is 6.04 Å². The minimum absolute atomic E-state index is 0.00140. The third kappa shape index (κ3) is 5.86. The summed E-state index contributed by atoms with van der Waals surface area (Å²) in [6.45, 7) is 7.10. The number of ether oxygens (including phenoxy) is 1. The van der Waals surface area contributed by atoms with E-state index in [4.69, 9.17) is 4.74 Å². The standard InChI is InChI=1S/C12H23N3O3/c1-12(2,3)18-11(17)15-8-7-14-10(16)9-5-4-6-13-9/h9,13H,4-8H2,1-3H3,(H,14,16)(H,15,17)/t9-/m0/s1. The van der Waals surface area contributed by atoms with E-state index in [1.54, 1.807) is 20.8 Å². The summed E-state index contributed by atoms with van der Waals surface area (Å²) in [5, 5.41) is 8.47. The molecule has 1 saturated heterocycles. The Morgan fingerprint density at radius 2 is 1.94 bits per heavy atom. The van der Waals surface area contributed by atoms with Gasteiger partial charge in [-0.3, -0.25) is 4.79 Å². The summed E-state index contributed by atoms with van der Waals surface area (Å²) < 4.78 is 5.07. The maximum absolute atomic E-state index is 11.6. The number of nitrogens with one attached hydrogen (secondary N) is 3. The Hall–Kier alpha value is -1.30. The highest BCUT2D eigenvalue weighted by molar-refractivity contribution is 5.82. The zero-order valence-corrected chi connectivity index (χ0v) is 11.3. The highest BCUT2D eigenvalue weighted by Crippen LogP contribution is 2.06. The number of carbonyl (C=O) groups is 2. The molecule has 1 rings (SSSR count). The molecule has 104 valence electrons. The molecule has 1 heterocycles. The Morgan fingerprint density at radius 1 is 1.28 bits per heavy atom. The van der Waals surface area contributed by atoms with Crippen molar-refractivity contribution in [2.75, 3.05) is 19.6 Å². The van der Waals surface area contributed by atoms with E-state index in [-0.39, 0.29) is 11.9 Å². The van der Waals surface area contributed by atoms with E-state index >= 15 is 0 Å². The molecule has 0 bridgehead atoms. The van der Waals surface area contributed by atoms with Gasteiger partial charge in [0.15, 0.2) is 0 Å². The second-order valence-corrected chi connectivity index (χ2v) is 5.37. The lowest BCUT2D eigenvalue weighted by molar-refractivity contribution is -0.122. The van der Waals surface area contributed by atoms with E-state index in [2.05, 4.69) is 16.0 Å². The van der Waals surface area contributed by atoms with Crippen molar-refractivity contribution in [3.8, 4) is 0 Å². The molecule has 0 radical (unpaired) electrons. The van der Waals surface area contributed by atoms with Crippen LogP contribution in [0.3, 0.4) is 0 Å². The topological polar surface area (TPSA) is 79.5 Å². The van der Waals surface area contributed by atoms with Crippen LogP contribution in [0.1, 0.15) is 33.6 Å². The van der Waals surface area contributed by atoms with Crippen molar-refractivity contribution < 1.29 is 14.3 Å². The summed E-state index contributed by atoms with van der Waals surface area (Å²) in [7, 11) is 0. The minimum atomic E-state index is -0.499. The van der Waals surface area contributed by atoms with Crippen molar-refractivity contribution in [1.29, 1.82) is 0 Å². The van der Waals surface area contributed by atoms with Gasteiger partial charge in [0.25, 0.3) is 0 Å². The number of hydrogen-bond donors (Lipinski definition) is 3. The van der Waals surface area contributed by atoms with E-state index in [1.807, 2.05) is 0 Å². The van der Waals surface area contributed by atoms with Gasteiger partial charge >= 0.3 is 6.09 Å². The first-order valence-electron chi connectivity index (χ1n) is 6.36. The molecule has 1 atom stereocenters. The largest absolute Gasteiger partial charge is 0.444 e. The third-order valence-electron chi connectivity index (χ3n) is 2.47. The van der Waals surface area contributed by atoms with E-state index in [9.17, 15) is 9.59 Å². The second-order valence-electron chi connectivity index (χ2n) is 5.37. The third-order valence-corrected chi connectivity index (χ3v) is 2.47. The van der Waals surface area contributed by atoms with Crippen LogP contribution in [0, 0.1) is 0 Å². The van der Waals surface area contributed by atoms with Crippen molar-refractivity contribution in [2.24, 2.45) is 0 Å². The van der Waals surface area contributed by atoms with Crippen molar-refractivity contribution >= 4 is 12.0 Å². The Morgan fingerprint density at radius 3 is 2.50 bits per heavy atom. The molecule has 0 aliphatic carbocycles. The lowest BCUT2D eigenvalue weighted by Gasteiger charge is -2.19. The maximum atomic E-state index is 11.6. The number of amides is 2. The zero-order chi connectivity index (χ0) is 13.6. The molecule has 1 aliphatic rings. The summed E-state index contributed by atoms with van der Waals surface area (Å²) in [6.07, 6.45) is 1.45. The van der Waals surface area contributed by atoms with Crippen LogP contribution in [0.4, 0.5) is 4.79 Å². The van der Waals surface area contributed by atoms with Crippen LogP contribution in [-0.2, 0) is 9.53 Å². The lowest BCUT2D eigenvalue weighted by Crippen LogP contribution is -2.43.